The maximum atomic E-state index is 13.6. The van der Waals surface area contributed by atoms with Gasteiger partial charge in [0.2, 0.25) is 0 Å². The summed E-state index contributed by atoms with van der Waals surface area (Å²) in [6.07, 6.45) is 1.78. The number of nitrogens with two attached hydrogens (primary N) is 1. The lowest BCUT2D eigenvalue weighted by atomic mass is 10.0. The zero-order valence-electron chi connectivity index (χ0n) is 8.69. The molecule has 0 radical (unpaired) electrons. The van der Waals surface area contributed by atoms with E-state index in [0.717, 1.165) is 0 Å². The fourth-order valence-corrected chi connectivity index (χ4v) is 1.85. The van der Waals surface area contributed by atoms with Crippen molar-refractivity contribution in [2.45, 2.75) is 6.04 Å². The Morgan fingerprint density at radius 3 is 2.75 bits per heavy atom. The van der Waals surface area contributed by atoms with Gasteiger partial charge in [-0.05, 0) is 18.2 Å². The Bertz CT molecular complexity index is 510. The summed E-state index contributed by atoms with van der Waals surface area (Å²) >= 11 is 3.21. The molecule has 0 amide bonds. The molecule has 2 aromatic rings. The van der Waals surface area contributed by atoms with E-state index in [4.69, 9.17) is 5.73 Å². The van der Waals surface area contributed by atoms with Crippen molar-refractivity contribution < 1.29 is 4.39 Å². The number of nitrogens with zero attached hydrogens (tertiary/aromatic N) is 2. The second-order valence-corrected chi connectivity index (χ2v) is 4.47. The zero-order valence-corrected chi connectivity index (χ0v) is 10.3. The Hall–Kier alpha value is -1.20. The molecule has 0 saturated carbocycles. The van der Waals surface area contributed by atoms with E-state index in [0.29, 0.717) is 15.7 Å². The summed E-state index contributed by atoms with van der Waals surface area (Å²) in [5.74, 6) is -0.326. The maximum Gasteiger partial charge on any atom is 0.129 e. The van der Waals surface area contributed by atoms with Crippen LogP contribution in [0, 0.1) is 5.82 Å². The molecule has 1 aromatic heterocycles. The average Bonchev–Trinajstić information content (AvgIpc) is 2.64. The van der Waals surface area contributed by atoms with E-state index in [1.165, 1.54) is 6.07 Å². The Balaban J connectivity index is 2.37. The molecular weight excluding hydrogens is 273 g/mol. The molecule has 0 fully saturated rings. The molecule has 0 aliphatic rings. The summed E-state index contributed by atoms with van der Waals surface area (Å²) in [6.45, 7) is 0. The standard InChI is InChI=1S/C11H11BrFN3/c1-16-5-4-10(15-16)11(14)8-3-2-7(12)6-9(8)13/h2-6,11H,14H2,1H3. The number of benzene rings is 1. The third-order valence-corrected chi connectivity index (χ3v) is 2.84. The first kappa shape index (κ1) is 11.3. The number of hydrogen-bond acceptors (Lipinski definition) is 2. The highest BCUT2D eigenvalue weighted by Gasteiger charge is 2.15. The van der Waals surface area contributed by atoms with Crippen molar-refractivity contribution in [2.24, 2.45) is 12.8 Å². The highest BCUT2D eigenvalue weighted by molar-refractivity contribution is 9.10. The molecule has 0 aliphatic carbocycles. The van der Waals surface area contributed by atoms with E-state index in [1.807, 2.05) is 0 Å². The van der Waals surface area contributed by atoms with Crippen LogP contribution in [0.5, 0.6) is 0 Å². The number of aryl methyl sites for hydroxylation is 1. The first-order valence-electron chi connectivity index (χ1n) is 4.78. The van der Waals surface area contributed by atoms with Gasteiger partial charge in [-0.3, -0.25) is 4.68 Å². The lowest BCUT2D eigenvalue weighted by Crippen LogP contribution is -2.14. The van der Waals surface area contributed by atoms with Gasteiger partial charge in [0.25, 0.3) is 0 Å². The van der Waals surface area contributed by atoms with Crippen molar-refractivity contribution >= 4 is 15.9 Å². The number of rotatable bonds is 2. The predicted octanol–water partition coefficient (Wildman–Crippen LogP) is 2.37. The normalized spacial score (nSPS) is 12.8. The molecule has 0 aliphatic heterocycles. The molecule has 16 heavy (non-hydrogen) atoms. The molecule has 2 rings (SSSR count). The van der Waals surface area contributed by atoms with Crippen molar-refractivity contribution in [1.29, 1.82) is 0 Å². The maximum absolute atomic E-state index is 13.6. The van der Waals surface area contributed by atoms with Crippen molar-refractivity contribution in [3.8, 4) is 0 Å². The largest absolute Gasteiger partial charge is 0.319 e. The smallest absolute Gasteiger partial charge is 0.129 e. The van der Waals surface area contributed by atoms with E-state index in [1.54, 1.807) is 36.1 Å². The van der Waals surface area contributed by atoms with E-state index in [-0.39, 0.29) is 5.82 Å². The SMILES string of the molecule is Cn1ccc(C(N)c2ccc(Br)cc2F)n1. The quantitative estimate of drug-likeness (QED) is 0.920. The predicted molar refractivity (Wildman–Crippen MR) is 63.3 cm³/mol. The molecule has 1 unspecified atom stereocenters. The van der Waals surface area contributed by atoms with Crippen LogP contribution in [0.25, 0.3) is 0 Å². The lowest BCUT2D eigenvalue weighted by Gasteiger charge is -2.10. The minimum Gasteiger partial charge on any atom is -0.319 e. The molecular formula is C11H11BrFN3. The van der Waals surface area contributed by atoms with E-state index >= 15 is 0 Å². The van der Waals surface area contributed by atoms with Crippen LogP contribution in [0.15, 0.2) is 34.9 Å². The Labute approximate surface area is 101 Å². The summed E-state index contributed by atoms with van der Waals surface area (Å²) in [5, 5.41) is 4.16. The summed E-state index contributed by atoms with van der Waals surface area (Å²) in [7, 11) is 1.80. The van der Waals surface area contributed by atoms with Crippen LogP contribution >= 0.6 is 15.9 Å². The first-order valence-corrected chi connectivity index (χ1v) is 5.57. The molecule has 2 N–H and O–H groups in total. The van der Waals surface area contributed by atoms with Crippen molar-refractivity contribution in [3.63, 3.8) is 0 Å². The van der Waals surface area contributed by atoms with Crippen LogP contribution in [-0.4, -0.2) is 9.78 Å². The van der Waals surface area contributed by atoms with Crippen LogP contribution < -0.4 is 5.73 Å². The van der Waals surface area contributed by atoms with Gasteiger partial charge in [0.15, 0.2) is 0 Å². The molecule has 0 bridgehead atoms. The van der Waals surface area contributed by atoms with Crippen LogP contribution in [0.4, 0.5) is 4.39 Å². The zero-order chi connectivity index (χ0) is 11.7. The molecule has 0 spiro atoms. The van der Waals surface area contributed by atoms with Gasteiger partial charge in [-0.15, -0.1) is 0 Å². The van der Waals surface area contributed by atoms with Crippen LogP contribution in [-0.2, 0) is 7.05 Å². The van der Waals surface area contributed by atoms with Crippen molar-refractivity contribution in [2.75, 3.05) is 0 Å². The van der Waals surface area contributed by atoms with E-state index in [2.05, 4.69) is 21.0 Å². The molecule has 84 valence electrons. The Morgan fingerprint density at radius 1 is 1.44 bits per heavy atom. The second kappa shape index (κ2) is 4.35. The van der Waals surface area contributed by atoms with Gasteiger partial charge < -0.3 is 5.73 Å². The van der Waals surface area contributed by atoms with Gasteiger partial charge in [-0.1, -0.05) is 22.0 Å². The molecule has 3 nitrogen and oxygen atoms in total. The van der Waals surface area contributed by atoms with Gasteiger partial charge in [-0.25, -0.2) is 4.39 Å². The summed E-state index contributed by atoms with van der Waals surface area (Å²) < 4.78 is 16.0. The van der Waals surface area contributed by atoms with Crippen molar-refractivity contribution in [1.82, 2.24) is 9.78 Å². The number of halogens is 2. The topological polar surface area (TPSA) is 43.8 Å². The number of aromatic nitrogens is 2. The van der Waals surface area contributed by atoms with Gasteiger partial charge in [0.05, 0.1) is 11.7 Å². The molecule has 0 saturated heterocycles. The summed E-state index contributed by atoms with van der Waals surface area (Å²) in [4.78, 5) is 0. The summed E-state index contributed by atoms with van der Waals surface area (Å²) in [6, 6.07) is 6.08. The van der Waals surface area contributed by atoms with Gasteiger partial charge in [-0.2, -0.15) is 5.10 Å². The van der Waals surface area contributed by atoms with E-state index in [9.17, 15) is 4.39 Å². The van der Waals surface area contributed by atoms with Gasteiger partial charge in [0.1, 0.15) is 5.82 Å². The monoisotopic (exact) mass is 283 g/mol. The lowest BCUT2D eigenvalue weighted by molar-refractivity contribution is 0.593. The van der Waals surface area contributed by atoms with Gasteiger partial charge >= 0.3 is 0 Å². The highest BCUT2D eigenvalue weighted by Crippen LogP contribution is 2.23. The fraction of sp³-hybridized carbons (Fsp3) is 0.182. The van der Waals surface area contributed by atoms with Crippen LogP contribution in [0.3, 0.4) is 0 Å². The molecule has 1 aromatic carbocycles. The minimum atomic E-state index is -0.533. The first-order chi connectivity index (χ1) is 7.58. The highest BCUT2D eigenvalue weighted by atomic mass is 79.9. The number of hydrogen-bond donors (Lipinski definition) is 1. The molecule has 5 heteroatoms. The average molecular weight is 284 g/mol. The third-order valence-electron chi connectivity index (χ3n) is 2.35. The Kier molecular flexibility index (Phi) is 3.07. The van der Waals surface area contributed by atoms with Crippen LogP contribution in [0.1, 0.15) is 17.3 Å². The fourth-order valence-electron chi connectivity index (χ4n) is 1.51. The molecule has 1 atom stereocenters. The van der Waals surface area contributed by atoms with Crippen LogP contribution in [0.2, 0.25) is 0 Å². The van der Waals surface area contributed by atoms with E-state index < -0.39 is 6.04 Å². The third kappa shape index (κ3) is 2.15. The van der Waals surface area contributed by atoms with Crippen molar-refractivity contribution in [3.05, 3.63) is 52.0 Å². The minimum absolute atomic E-state index is 0.326. The summed E-state index contributed by atoms with van der Waals surface area (Å²) in [5.41, 5.74) is 7.05. The Morgan fingerprint density at radius 2 is 2.19 bits per heavy atom. The molecule has 1 heterocycles. The second-order valence-electron chi connectivity index (χ2n) is 3.56. The van der Waals surface area contributed by atoms with Gasteiger partial charge in [0, 0.05) is 23.3 Å².